The predicted octanol–water partition coefficient (Wildman–Crippen LogP) is 0.666. The third-order valence-electron chi connectivity index (χ3n) is 4.22. The van der Waals surface area contributed by atoms with Crippen LogP contribution in [0.2, 0.25) is 0 Å². The number of nitrogens with zero attached hydrogens (tertiary/aromatic N) is 2. The van der Waals surface area contributed by atoms with Crippen LogP contribution in [0.15, 0.2) is 0 Å². The molecule has 4 nitrogen and oxygen atoms in total. The van der Waals surface area contributed by atoms with E-state index in [0.717, 1.165) is 32.2 Å². The van der Waals surface area contributed by atoms with E-state index in [-0.39, 0.29) is 17.9 Å². The van der Waals surface area contributed by atoms with Crippen LogP contribution in [0.3, 0.4) is 0 Å². The van der Waals surface area contributed by atoms with Gasteiger partial charge in [-0.3, -0.25) is 9.69 Å². The fourth-order valence-electron chi connectivity index (χ4n) is 2.56. The molecule has 98 valence electrons. The Hall–Kier alpha value is -0.610. The van der Waals surface area contributed by atoms with Gasteiger partial charge in [-0.2, -0.15) is 0 Å². The molecule has 17 heavy (non-hydrogen) atoms. The molecular formula is C13H25N3O. The fraction of sp³-hybridized carbons (Fsp3) is 0.923. The second-order valence-electron chi connectivity index (χ2n) is 5.72. The van der Waals surface area contributed by atoms with Gasteiger partial charge in [0.15, 0.2) is 0 Å². The molecule has 2 aliphatic rings. The van der Waals surface area contributed by atoms with Gasteiger partial charge >= 0.3 is 0 Å². The number of hydrogen-bond acceptors (Lipinski definition) is 3. The highest BCUT2D eigenvalue weighted by atomic mass is 16.2. The Kier molecular flexibility index (Phi) is 4.05. The lowest BCUT2D eigenvalue weighted by Crippen LogP contribution is -2.57. The van der Waals surface area contributed by atoms with Crippen molar-refractivity contribution in [1.82, 2.24) is 9.80 Å². The van der Waals surface area contributed by atoms with Crippen molar-refractivity contribution in [3.63, 3.8) is 0 Å². The Balaban J connectivity index is 1.79. The Labute approximate surface area is 104 Å². The van der Waals surface area contributed by atoms with Crippen LogP contribution in [0.5, 0.6) is 0 Å². The first kappa shape index (κ1) is 12.8. The molecule has 4 heteroatoms. The first-order chi connectivity index (χ1) is 8.09. The zero-order chi connectivity index (χ0) is 12.4. The van der Waals surface area contributed by atoms with Gasteiger partial charge in [-0.05, 0) is 18.8 Å². The lowest BCUT2D eigenvalue weighted by atomic mass is 9.91. The molecule has 2 rings (SSSR count). The molecular weight excluding hydrogens is 214 g/mol. The van der Waals surface area contributed by atoms with Crippen LogP contribution in [0.4, 0.5) is 0 Å². The molecule has 0 aromatic carbocycles. The average molecular weight is 239 g/mol. The van der Waals surface area contributed by atoms with E-state index in [1.807, 2.05) is 18.7 Å². The number of amides is 1. The molecule has 0 aromatic rings. The minimum Gasteiger partial charge on any atom is -0.339 e. The topological polar surface area (TPSA) is 49.6 Å². The van der Waals surface area contributed by atoms with Gasteiger partial charge in [0.25, 0.3) is 0 Å². The summed E-state index contributed by atoms with van der Waals surface area (Å²) in [5.74, 6) is 0.362. The average Bonchev–Trinajstić information content (AvgIpc) is 2.25. The zero-order valence-electron chi connectivity index (χ0n) is 11.1. The summed E-state index contributed by atoms with van der Waals surface area (Å²) < 4.78 is 0. The number of carbonyl (C=O) groups excluding carboxylic acids is 1. The Morgan fingerprint density at radius 2 is 1.76 bits per heavy atom. The van der Waals surface area contributed by atoms with E-state index in [2.05, 4.69) is 4.90 Å². The Bertz CT molecular complexity index is 268. The molecule has 0 radical (unpaired) electrons. The van der Waals surface area contributed by atoms with E-state index in [1.165, 1.54) is 19.3 Å². The maximum Gasteiger partial charge on any atom is 0.239 e. The van der Waals surface area contributed by atoms with Gasteiger partial charge in [0.05, 0.1) is 6.04 Å². The van der Waals surface area contributed by atoms with Crippen LogP contribution >= 0.6 is 0 Å². The standard InChI is InChI=1S/C13H25N3O/c1-10(2)12(14)13(17)16-8-6-15(7-9-16)11-4-3-5-11/h10-12H,3-9,14H2,1-2H3/t12-/m1/s1. The van der Waals surface area contributed by atoms with Gasteiger partial charge in [0.2, 0.25) is 5.91 Å². The van der Waals surface area contributed by atoms with E-state index in [9.17, 15) is 4.79 Å². The van der Waals surface area contributed by atoms with Crippen LogP contribution in [-0.4, -0.2) is 54.0 Å². The molecule has 1 saturated heterocycles. The number of hydrogen-bond donors (Lipinski definition) is 1. The summed E-state index contributed by atoms with van der Waals surface area (Å²) >= 11 is 0. The van der Waals surface area contributed by atoms with Crippen LogP contribution in [0, 0.1) is 5.92 Å². The maximum absolute atomic E-state index is 12.1. The molecule has 0 bridgehead atoms. The Morgan fingerprint density at radius 3 is 2.18 bits per heavy atom. The van der Waals surface area contributed by atoms with E-state index in [1.54, 1.807) is 0 Å². The molecule has 0 unspecified atom stereocenters. The monoisotopic (exact) mass is 239 g/mol. The molecule has 1 saturated carbocycles. The van der Waals surface area contributed by atoms with Crippen molar-refractivity contribution in [2.24, 2.45) is 11.7 Å². The summed E-state index contributed by atoms with van der Waals surface area (Å²) in [6.45, 7) is 7.79. The molecule has 2 N–H and O–H groups in total. The van der Waals surface area contributed by atoms with Gasteiger partial charge in [-0.15, -0.1) is 0 Å². The highest BCUT2D eigenvalue weighted by Crippen LogP contribution is 2.25. The van der Waals surface area contributed by atoms with Crippen molar-refractivity contribution in [3.8, 4) is 0 Å². The van der Waals surface area contributed by atoms with Crippen LogP contribution in [0.25, 0.3) is 0 Å². The molecule has 0 aromatic heterocycles. The SMILES string of the molecule is CC(C)[C@@H](N)C(=O)N1CCN(C2CCC2)CC1. The summed E-state index contributed by atoms with van der Waals surface area (Å²) in [5.41, 5.74) is 5.92. The third-order valence-corrected chi connectivity index (χ3v) is 4.22. The molecule has 1 aliphatic carbocycles. The Morgan fingerprint density at radius 1 is 1.18 bits per heavy atom. The van der Waals surface area contributed by atoms with Crippen molar-refractivity contribution < 1.29 is 4.79 Å². The van der Waals surface area contributed by atoms with Crippen LogP contribution < -0.4 is 5.73 Å². The van der Waals surface area contributed by atoms with E-state index in [4.69, 9.17) is 5.73 Å². The first-order valence-electron chi connectivity index (χ1n) is 6.88. The number of piperazine rings is 1. The van der Waals surface area contributed by atoms with Gasteiger partial charge in [0, 0.05) is 32.2 Å². The largest absolute Gasteiger partial charge is 0.339 e. The van der Waals surface area contributed by atoms with Crippen molar-refractivity contribution >= 4 is 5.91 Å². The van der Waals surface area contributed by atoms with Crippen LogP contribution in [-0.2, 0) is 4.79 Å². The minimum absolute atomic E-state index is 0.133. The van der Waals surface area contributed by atoms with Crippen molar-refractivity contribution in [2.45, 2.75) is 45.2 Å². The number of rotatable bonds is 3. The van der Waals surface area contributed by atoms with Crippen LogP contribution in [0.1, 0.15) is 33.1 Å². The number of carbonyl (C=O) groups is 1. The van der Waals surface area contributed by atoms with Gasteiger partial charge in [-0.1, -0.05) is 20.3 Å². The quantitative estimate of drug-likeness (QED) is 0.787. The fourth-order valence-corrected chi connectivity index (χ4v) is 2.56. The molecule has 0 spiro atoms. The summed E-state index contributed by atoms with van der Waals surface area (Å²) in [4.78, 5) is 16.6. The maximum atomic E-state index is 12.1. The molecule has 1 amide bonds. The van der Waals surface area contributed by atoms with E-state index >= 15 is 0 Å². The van der Waals surface area contributed by atoms with Crippen molar-refractivity contribution in [2.75, 3.05) is 26.2 Å². The highest BCUT2D eigenvalue weighted by molar-refractivity contribution is 5.82. The number of nitrogens with two attached hydrogens (primary N) is 1. The normalized spacial score (nSPS) is 24.8. The first-order valence-corrected chi connectivity index (χ1v) is 6.88. The minimum atomic E-state index is -0.328. The van der Waals surface area contributed by atoms with E-state index < -0.39 is 0 Å². The van der Waals surface area contributed by atoms with Gasteiger partial charge in [0.1, 0.15) is 0 Å². The van der Waals surface area contributed by atoms with Gasteiger partial charge in [-0.25, -0.2) is 0 Å². The summed E-state index contributed by atoms with van der Waals surface area (Å²) in [7, 11) is 0. The molecule has 2 fully saturated rings. The molecule has 1 atom stereocenters. The summed E-state index contributed by atoms with van der Waals surface area (Å²) in [5, 5.41) is 0. The lowest BCUT2D eigenvalue weighted by molar-refractivity contribution is -0.135. The molecule has 1 heterocycles. The van der Waals surface area contributed by atoms with E-state index in [0.29, 0.717) is 0 Å². The second-order valence-corrected chi connectivity index (χ2v) is 5.72. The predicted molar refractivity (Wildman–Crippen MR) is 68.6 cm³/mol. The highest BCUT2D eigenvalue weighted by Gasteiger charge is 2.31. The van der Waals surface area contributed by atoms with Crippen molar-refractivity contribution in [1.29, 1.82) is 0 Å². The second kappa shape index (κ2) is 5.36. The zero-order valence-corrected chi connectivity index (χ0v) is 11.1. The molecule has 1 aliphatic heterocycles. The van der Waals surface area contributed by atoms with Gasteiger partial charge < -0.3 is 10.6 Å². The summed E-state index contributed by atoms with van der Waals surface area (Å²) in [6, 6.07) is 0.469. The third kappa shape index (κ3) is 2.80. The van der Waals surface area contributed by atoms with Crippen molar-refractivity contribution in [3.05, 3.63) is 0 Å². The summed E-state index contributed by atoms with van der Waals surface area (Å²) in [6.07, 6.45) is 4.07. The lowest BCUT2D eigenvalue weighted by Gasteiger charge is -2.43. The smallest absolute Gasteiger partial charge is 0.239 e.